The Balaban J connectivity index is 1.86. The van der Waals surface area contributed by atoms with Crippen LogP contribution in [0.3, 0.4) is 0 Å². The summed E-state index contributed by atoms with van der Waals surface area (Å²) in [5.41, 5.74) is 1.64. The monoisotopic (exact) mass is 390 g/mol. The Morgan fingerprint density at radius 3 is 2.38 bits per heavy atom. The van der Waals surface area contributed by atoms with Gasteiger partial charge in [0.1, 0.15) is 6.26 Å². The van der Waals surface area contributed by atoms with Crippen molar-refractivity contribution in [2.75, 3.05) is 10.0 Å². The maximum Gasteiger partial charge on any atom is 0.262 e. The summed E-state index contributed by atoms with van der Waals surface area (Å²) >= 11 is 5.81. The molecule has 2 aromatic carbocycles. The maximum absolute atomic E-state index is 12.7. The zero-order chi connectivity index (χ0) is 18.7. The summed E-state index contributed by atoms with van der Waals surface area (Å²) in [6.07, 6.45) is 2.69. The Bertz CT molecular complexity index is 1030. The minimum Gasteiger partial charge on any atom is -0.472 e. The fourth-order valence-electron chi connectivity index (χ4n) is 2.29. The number of amides is 1. The Morgan fingerprint density at radius 1 is 1.04 bits per heavy atom. The molecule has 0 aliphatic carbocycles. The van der Waals surface area contributed by atoms with E-state index >= 15 is 0 Å². The van der Waals surface area contributed by atoms with Crippen LogP contribution >= 0.6 is 11.6 Å². The van der Waals surface area contributed by atoms with Gasteiger partial charge in [0.15, 0.2) is 0 Å². The molecule has 0 unspecified atom stereocenters. The van der Waals surface area contributed by atoms with Gasteiger partial charge in [0, 0.05) is 16.4 Å². The van der Waals surface area contributed by atoms with Gasteiger partial charge in [-0.15, -0.1) is 0 Å². The summed E-state index contributed by atoms with van der Waals surface area (Å²) in [6, 6.07) is 12.5. The highest BCUT2D eigenvalue weighted by Crippen LogP contribution is 2.24. The predicted molar refractivity (Wildman–Crippen MR) is 100 cm³/mol. The molecule has 0 bridgehead atoms. The van der Waals surface area contributed by atoms with Crippen LogP contribution in [0.1, 0.15) is 15.9 Å². The third-order valence-corrected chi connectivity index (χ3v) is 5.39. The number of nitrogens with one attached hydrogen (secondary N) is 2. The van der Waals surface area contributed by atoms with Gasteiger partial charge in [-0.25, -0.2) is 8.42 Å². The molecule has 2 N–H and O–H groups in total. The van der Waals surface area contributed by atoms with Crippen molar-refractivity contribution in [3.05, 3.63) is 77.2 Å². The Morgan fingerprint density at radius 2 is 1.73 bits per heavy atom. The molecule has 0 aliphatic rings. The lowest BCUT2D eigenvalue weighted by atomic mass is 10.2. The van der Waals surface area contributed by atoms with E-state index in [0.717, 1.165) is 0 Å². The van der Waals surface area contributed by atoms with Gasteiger partial charge in [-0.1, -0.05) is 17.7 Å². The number of furan rings is 1. The van der Waals surface area contributed by atoms with Crippen LogP contribution in [-0.2, 0) is 10.0 Å². The van der Waals surface area contributed by atoms with Gasteiger partial charge in [0.05, 0.1) is 16.7 Å². The number of rotatable bonds is 5. The summed E-state index contributed by atoms with van der Waals surface area (Å²) < 4.78 is 32.8. The molecule has 0 fully saturated rings. The molecule has 6 nitrogen and oxygen atoms in total. The molecule has 0 saturated heterocycles. The number of carbonyl (C=O) groups is 1. The molecule has 1 aromatic heterocycles. The fraction of sp³-hybridized carbons (Fsp3) is 0.0556. The summed E-state index contributed by atoms with van der Waals surface area (Å²) in [6.45, 7) is 1.68. The largest absolute Gasteiger partial charge is 0.472 e. The van der Waals surface area contributed by atoms with E-state index in [1.165, 1.54) is 24.7 Å². The molecule has 0 radical (unpaired) electrons. The topological polar surface area (TPSA) is 88.4 Å². The quantitative estimate of drug-likeness (QED) is 0.680. The average molecular weight is 391 g/mol. The first-order valence-electron chi connectivity index (χ1n) is 7.58. The van der Waals surface area contributed by atoms with E-state index in [0.29, 0.717) is 27.5 Å². The second kappa shape index (κ2) is 7.23. The van der Waals surface area contributed by atoms with Gasteiger partial charge in [0.2, 0.25) is 0 Å². The van der Waals surface area contributed by atoms with E-state index in [1.807, 2.05) is 0 Å². The third-order valence-electron chi connectivity index (χ3n) is 3.62. The lowest BCUT2D eigenvalue weighted by molar-refractivity contribution is 0.102. The van der Waals surface area contributed by atoms with Crippen molar-refractivity contribution < 1.29 is 17.6 Å². The Kier molecular flexibility index (Phi) is 5.01. The van der Waals surface area contributed by atoms with Crippen molar-refractivity contribution in [2.24, 2.45) is 0 Å². The van der Waals surface area contributed by atoms with E-state index in [2.05, 4.69) is 10.0 Å². The second-order valence-electron chi connectivity index (χ2n) is 5.56. The Hall–Kier alpha value is -2.77. The number of carbonyl (C=O) groups excluding carboxylic acids is 1. The smallest absolute Gasteiger partial charge is 0.262 e. The first-order chi connectivity index (χ1) is 12.3. The van der Waals surface area contributed by atoms with Crippen LogP contribution < -0.4 is 10.0 Å². The zero-order valence-electron chi connectivity index (χ0n) is 13.7. The number of anilines is 2. The van der Waals surface area contributed by atoms with Gasteiger partial charge in [-0.2, -0.15) is 0 Å². The fourth-order valence-corrected chi connectivity index (χ4v) is 3.75. The van der Waals surface area contributed by atoms with E-state index in [-0.39, 0.29) is 4.90 Å². The standard InChI is InChI=1S/C18H15ClN2O4S/c1-12-2-5-16(20-18(22)13-8-9-25-11-13)10-17(12)26(23,24)21-15-6-3-14(19)4-7-15/h2-11,21H,1H3,(H,20,22). The minimum atomic E-state index is -3.83. The molecule has 0 aliphatic heterocycles. The van der Waals surface area contributed by atoms with Crippen molar-refractivity contribution in [1.29, 1.82) is 0 Å². The van der Waals surface area contributed by atoms with Gasteiger partial charge >= 0.3 is 0 Å². The van der Waals surface area contributed by atoms with Crippen molar-refractivity contribution in [2.45, 2.75) is 11.8 Å². The number of benzene rings is 2. The number of hydrogen-bond acceptors (Lipinski definition) is 4. The molecule has 1 amide bonds. The molecule has 0 atom stereocenters. The van der Waals surface area contributed by atoms with Crippen LogP contribution in [0.15, 0.2) is 70.4 Å². The number of halogens is 1. The molecule has 3 rings (SSSR count). The predicted octanol–water partition coefficient (Wildman–Crippen LogP) is 4.29. The van der Waals surface area contributed by atoms with Crippen molar-refractivity contribution >= 4 is 38.9 Å². The van der Waals surface area contributed by atoms with Crippen LogP contribution in [0.2, 0.25) is 5.02 Å². The highest BCUT2D eigenvalue weighted by molar-refractivity contribution is 7.92. The van der Waals surface area contributed by atoms with Crippen LogP contribution in [0.25, 0.3) is 0 Å². The summed E-state index contributed by atoms with van der Waals surface area (Å²) in [5.74, 6) is -0.392. The highest BCUT2D eigenvalue weighted by atomic mass is 35.5. The lowest BCUT2D eigenvalue weighted by Gasteiger charge is -2.12. The maximum atomic E-state index is 12.7. The number of sulfonamides is 1. The van der Waals surface area contributed by atoms with Gasteiger partial charge in [-0.05, 0) is 55.0 Å². The van der Waals surface area contributed by atoms with E-state index in [4.69, 9.17) is 16.0 Å². The van der Waals surface area contributed by atoms with Gasteiger partial charge < -0.3 is 9.73 Å². The van der Waals surface area contributed by atoms with E-state index in [9.17, 15) is 13.2 Å². The molecule has 0 saturated carbocycles. The van der Waals surface area contributed by atoms with E-state index < -0.39 is 15.9 Å². The summed E-state index contributed by atoms with van der Waals surface area (Å²) in [7, 11) is -3.83. The SMILES string of the molecule is Cc1ccc(NC(=O)c2ccoc2)cc1S(=O)(=O)Nc1ccc(Cl)cc1. The van der Waals surface area contributed by atoms with Crippen LogP contribution in [0.4, 0.5) is 11.4 Å². The lowest BCUT2D eigenvalue weighted by Crippen LogP contribution is -2.16. The van der Waals surface area contributed by atoms with Crippen molar-refractivity contribution in [3.63, 3.8) is 0 Å². The first kappa shape index (κ1) is 18.0. The van der Waals surface area contributed by atoms with Gasteiger partial charge in [-0.3, -0.25) is 9.52 Å². The molecule has 0 spiro atoms. The zero-order valence-corrected chi connectivity index (χ0v) is 15.3. The summed E-state index contributed by atoms with van der Waals surface area (Å²) in [5, 5.41) is 3.15. The average Bonchev–Trinajstić information content (AvgIpc) is 3.13. The van der Waals surface area contributed by atoms with Crippen LogP contribution in [0, 0.1) is 6.92 Å². The number of aryl methyl sites for hydroxylation is 1. The molecule has 134 valence electrons. The molecule has 8 heteroatoms. The second-order valence-corrected chi connectivity index (χ2v) is 7.65. The normalized spacial score (nSPS) is 11.2. The number of hydrogen-bond donors (Lipinski definition) is 2. The van der Waals surface area contributed by atoms with E-state index in [1.54, 1.807) is 43.3 Å². The molecular formula is C18H15ClN2O4S. The minimum absolute atomic E-state index is 0.0671. The molecule has 1 heterocycles. The van der Waals surface area contributed by atoms with Crippen LogP contribution in [0.5, 0.6) is 0 Å². The van der Waals surface area contributed by atoms with Crippen LogP contribution in [-0.4, -0.2) is 14.3 Å². The van der Waals surface area contributed by atoms with Gasteiger partial charge in [0.25, 0.3) is 15.9 Å². The molecule has 26 heavy (non-hydrogen) atoms. The molecule has 3 aromatic rings. The first-order valence-corrected chi connectivity index (χ1v) is 9.44. The summed E-state index contributed by atoms with van der Waals surface area (Å²) in [4.78, 5) is 12.2. The third kappa shape index (κ3) is 4.07. The van der Waals surface area contributed by atoms with Crippen molar-refractivity contribution in [3.8, 4) is 0 Å². The Labute approximate surface area is 155 Å². The van der Waals surface area contributed by atoms with Crippen molar-refractivity contribution in [1.82, 2.24) is 0 Å². The highest BCUT2D eigenvalue weighted by Gasteiger charge is 2.18. The molecular weight excluding hydrogens is 376 g/mol.